The lowest BCUT2D eigenvalue weighted by Gasteiger charge is -2.00. The van der Waals surface area contributed by atoms with Gasteiger partial charge < -0.3 is 0 Å². The van der Waals surface area contributed by atoms with Crippen LogP contribution in [0, 0.1) is 0 Å². The molecule has 0 aliphatic carbocycles. The lowest BCUT2D eigenvalue weighted by Crippen LogP contribution is -1.80. The summed E-state index contributed by atoms with van der Waals surface area (Å²) in [5.74, 6) is 0. The minimum Gasteiger partial charge on any atom is -0.0856 e. The third kappa shape index (κ3) is 13.4. The van der Waals surface area contributed by atoms with Gasteiger partial charge >= 0.3 is 0 Å². The van der Waals surface area contributed by atoms with Crippen molar-refractivity contribution in [1.82, 2.24) is 0 Å². The Hall–Kier alpha value is -1.04. The van der Waals surface area contributed by atoms with E-state index in [2.05, 4.69) is 65.8 Å². The van der Waals surface area contributed by atoms with Crippen molar-refractivity contribution in [3.8, 4) is 0 Å². The molecule has 0 unspecified atom stereocenters. The Kier molecular flexibility index (Phi) is 11.1. The zero-order valence-electron chi connectivity index (χ0n) is 14.6. The summed E-state index contributed by atoms with van der Waals surface area (Å²) < 4.78 is 0. The zero-order valence-corrected chi connectivity index (χ0v) is 14.6. The molecule has 0 bridgehead atoms. The largest absolute Gasteiger partial charge is 0.0856 e. The molecule has 0 heterocycles. The molecule has 0 heteroatoms. The first kappa shape index (κ1) is 19.0. The molecule has 0 fully saturated rings. The van der Waals surface area contributed by atoms with E-state index in [1.165, 1.54) is 60.8 Å². The van der Waals surface area contributed by atoms with Crippen molar-refractivity contribution in [2.24, 2.45) is 0 Å². The molecule has 114 valence electrons. The Morgan fingerprint density at radius 3 is 1.15 bits per heavy atom. The van der Waals surface area contributed by atoms with Crippen molar-refractivity contribution < 1.29 is 0 Å². The first-order chi connectivity index (χ1) is 9.41. The molecule has 0 atom stereocenters. The number of hydrogen-bond acceptors (Lipinski definition) is 0. The van der Waals surface area contributed by atoms with E-state index >= 15 is 0 Å². The summed E-state index contributed by atoms with van der Waals surface area (Å²) in [6.45, 7) is 13.2. The highest BCUT2D eigenvalue weighted by atomic mass is 14.0. The van der Waals surface area contributed by atoms with Crippen LogP contribution in [-0.4, -0.2) is 0 Å². The summed E-state index contributed by atoms with van der Waals surface area (Å²) >= 11 is 0. The average molecular weight is 274 g/mol. The molecule has 0 saturated carbocycles. The maximum Gasteiger partial charge on any atom is -0.0288 e. The second kappa shape index (κ2) is 11.8. The quantitative estimate of drug-likeness (QED) is 0.309. The van der Waals surface area contributed by atoms with Crippen LogP contribution in [-0.2, 0) is 0 Å². The van der Waals surface area contributed by atoms with Crippen LogP contribution in [0.1, 0.15) is 80.1 Å². The summed E-state index contributed by atoms with van der Waals surface area (Å²) in [7, 11) is 0. The van der Waals surface area contributed by atoms with Crippen LogP contribution in [0.25, 0.3) is 0 Å². The Labute approximate surface area is 127 Å². The fourth-order valence-corrected chi connectivity index (χ4v) is 2.04. The van der Waals surface area contributed by atoms with E-state index in [1.807, 2.05) is 0 Å². The molecule has 0 nitrogen and oxygen atoms in total. The first-order valence-electron chi connectivity index (χ1n) is 7.99. The number of unbranched alkanes of at least 4 members (excludes halogenated alkanes) is 1. The smallest absolute Gasteiger partial charge is 0.0288 e. The van der Waals surface area contributed by atoms with Crippen molar-refractivity contribution in [2.45, 2.75) is 80.1 Å². The SMILES string of the molecule is CC(C)=CCC/C(C)=C\CC/C=C(/C)CCC=C(C)C. The molecular weight excluding hydrogens is 240 g/mol. The van der Waals surface area contributed by atoms with E-state index in [1.54, 1.807) is 0 Å². The van der Waals surface area contributed by atoms with E-state index in [0.717, 1.165) is 0 Å². The van der Waals surface area contributed by atoms with Gasteiger partial charge in [0.25, 0.3) is 0 Å². The third-order valence-electron chi connectivity index (χ3n) is 3.33. The van der Waals surface area contributed by atoms with Gasteiger partial charge in [-0.3, -0.25) is 0 Å². The third-order valence-corrected chi connectivity index (χ3v) is 3.33. The molecule has 0 aromatic carbocycles. The van der Waals surface area contributed by atoms with Gasteiger partial charge in [-0.05, 0) is 80.1 Å². The van der Waals surface area contributed by atoms with E-state index < -0.39 is 0 Å². The predicted molar refractivity (Wildman–Crippen MR) is 94.1 cm³/mol. The van der Waals surface area contributed by atoms with Crippen molar-refractivity contribution in [3.63, 3.8) is 0 Å². The summed E-state index contributed by atoms with van der Waals surface area (Å²) in [4.78, 5) is 0. The number of hydrogen-bond donors (Lipinski definition) is 0. The molecule has 0 aliphatic heterocycles. The van der Waals surface area contributed by atoms with Gasteiger partial charge in [-0.2, -0.15) is 0 Å². The Morgan fingerprint density at radius 1 is 0.500 bits per heavy atom. The normalized spacial score (nSPS) is 12.3. The second-order valence-electron chi connectivity index (χ2n) is 6.32. The van der Waals surface area contributed by atoms with Gasteiger partial charge in [0.15, 0.2) is 0 Å². The fraction of sp³-hybridized carbons (Fsp3) is 0.600. The highest BCUT2D eigenvalue weighted by Crippen LogP contribution is 2.11. The summed E-state index contributed by atoms with van der Waals surface area (Å²) in [5.41, 5.74) is 5.90. The minimum atomic E-state index is 1.18. The highest BCUT2D eigenvalue weighted by molar-refractivity contribution is 5.05. The van der Waals surface area contributed by atoms with Crippen LogP contribution in [0.15, 0.2) is 46.6 Å². The van der Waals surface area contributed by atoms with Crippen molar-refractivity contribution in [3.05, 3.63) is 46.6 Å². The second-order valence-corrected chi connectivity index (χ2v) is 6.32. The van der Waals surface area contributed by atoms with Gasteiger partial charge in [0, 0.05) is 0 Å². The van der Waals surface area contributed by atoms with Crippen molar-refractivity contribution >= 4 is 0 Å². The molecule has 0 aromatic heterocycles. The first-order valence-corrected chi connectivity index (χ1v) is 7.99. The molecule has 0 spiro atoms. The topological polar surface area (TPSA) is 0 Å². The lowest BCUT2D eigenvalue weighted by atomic mass is 10.1. The predicted octanol–water partition coefficient (Wildman–Crippen LogP) is 7.15. The van der Waals surface area contributed by atoms with Gasteiger partial charge in [-0.15, -0.1) is 0 Å². The van der Waals surface area contributed by atoms with Crippen LogP contribution < -0.4 is 0 Å². The van der Waals surface area contributed by atoms with E-state index in [9.17, 15) is 0 Å². The summed E-state index contributed by atoms with van der Waals surface area (Å²) in [6.07, 6.45) is 16.6. The van der Waals surface area contributed by atoms with E-state index in [4.69, 9.17) is 0 Å². The van der Waals surface area contributed by atoms with Gasteiger partial charge in [0.1, 0.15) is 0 Å². The van der Waals surface area contributed by atoms with E-state index in [-0.39, 0.29) is 0 Å². The Morgan fingerprint density at radius 2 is 0.850 bits per heavy atom. The summed E-state index contributed by atoms with van der Waals surface area (Å²) in [6, 6.07) is 0. The molecule has 20 heavy (non-hydrogen) atoms. The van der Waals surface area contributed by atoms with Crippen LogP contribution in [0.3, 0.4) is 0 Å². The molecule has 0 radical (unpaired) electrons. The molecule has 0 aromatic rings. The Balaban J connectivity index is 3.86. The molecule has 0 N–H and O–H groups in total. The van der Waals surface area contributed by atoms with Crippen molar-refractivity contribution in [2.75, 3.05) is 0 Å². The monoisotopic (exact) mass is 274 g/mol. The van der Waals surface area contributed by atoms with E-state index in [0.29, 0.717) is 0 Å². The minimum absolute atomic E-state index is 1.18. The lowest BCUT2D eigenvalue weighted by molar-refractivity contribution is 0.916. The molecule has 0 saturated heterocycles. The number of rotatable bonds is 9. The molecule has 0 amide bonds. The van der Waals surface area contributed by atoms with Gasteiger partial charge in [-0.1, -0.05) is 46.6 Å². The Bertz CT molecular complexity index is 329. The molecule has 0 aliphatic rings. The summed E-state index contributed by atoms with van der Waals surface area (Å²) in [5, 5.41) is 0. The van der Waals surface area contributed by atoms with Gasteiger partial charge in [0.2, 0.25) is 0 Å². The van der Waals surface area contributed by atoms with Crippen LogP contribution in [0.4, 0.5) is 0 Å². The van der Waals surface area contributed by atoms with Crippen LogP contribution >= 0.6 is 0 Å². The molecule has 0 rings (SSSR count). The van der Waals surface area contributed by atoms with Gasteiger partial charge in [0.05, 0.1) is 0 Å². The van der Waals surface area contributed by atoms with Crippen LogP contribution in [0.2, 0.25) is 0 Å². The fourth-order valence-electron chi connectivity index (χ4n) is 2.04. The van der Waals surface area contributed by atoms with Gasteiger partial charge in [-0.25, -0.2) is 0 Å². The highest BCUT2D eigenvalue weighted by Gasteiger charge is 1.91. The maximum absolute atomic E-state index is 2.40. The molecular formula is C20H34. The van der Waals surface area contributed by atoms with Crippen LogP contribution in [0.5, 0.6) is 0 Å². The maximum atomic E-state index is 2.40. The zero-order chi connectivity index (χ0) is 15.4. The van der Waals surface area contributed by atoms with Crippen molar-refractivity contribution in [1.29, 1.82) is 0 Å². The average Bonchev–Trinajstić information content (AvgIpc) is 2.33. The standard InChI is InChI=1S/C20H34/c1-17(2)11-9-15-19(5)13-7-8-14-20(6)16-10-12-18(3)4/h11-14H,7-10,15-16H2,1-6H3/b19-13-,20-14-. The number of allylic oxidation sites excluding steroid dienone is 8.